The number of carbonyl (C=O) groups excluding carboxylic acids is 3. The highest BCUT2D eigenvalue weighted by Crippen LogP contribution is 2.42. The quantitative estimate of drug-likeness (QED) is 0.0356. The van der Waals surface area contributed by atoms with Crippen LogP contribution in [0.3, 0.4) is 0 Å². The van der Waals surface area contributed by atoms with Gasteiger partial charge in [-0.05, 0) is 62.3 Å². The van der Waals surface area contributed by atoms with Crippen LogP contribution in [0.15, 0.2) is 71.8 Å². The molecule has 0 radical (unpaired) electrons. The summed E-state index contributed by atoms with van der Waals surface area (Å²) in [5.74, 6) is 1.77. The molecule has 1 heterocycles. The van der Waals surface area contributed by atoms with Crippen molar-refractivity contribution in [2.75, 3.05) is 0 Å². The number of aromatic amines is 1. The summed E-state index contributed by atoms with van der Waals surface area (Å²) >= 11 is 0. The smallest absolute Gasteiger partial charge is 0.294 e. The van der Waals surface area contributed by atoms with Crippen molar-refractivity contribution < 1.29 is 32.6 Å². The maximum Gasteiger partial charge on any atom is 0.294 e. The Morgan fingerprint density at radius 2 is 1.70 bits per heavy atom. The molecule has 0 saturated carbocycles. The van der Waals surface area contributed by atoms with Crippen molar-refractivity contribution in [1.29, 1.82) is 0 Å². The van der Waals surface area contributed by atoms with E-state index < -0.39 is 45.0 Å². The predicted octanol–water partition coefficient (Wildman–Crippen LogP) is 4.66. The molecule has 0 saturated heterocycles. The van der Waals surface area contributed by atoms with Crippen molar-refractivity contribution in [3.63, 3.8) is 0 Å². The maximum absolute atomic E-state index is 14.4. The van der Waals surface area contributed by atoms with Gasteiger partial charge in [-0.15, -0.1) is 0 Å². The predicted molar refractivity (Wildman–Crippen MR) is 175 cm³/mol. The van der Waals surface area contributed by atoms with E-state index in [4.69, 9.17) is 10.4 Å². The first kappa shape index (κ1) is 38.0. The fraction of sp³-hybridized carbons (Fsp3) is 0.394. The van der Waals surface area contributed by atoms with Gasteiger partial charge in [0.1, 0.15) is 5.41 Å². The topological polar surface area (TPSA) is 205 Å². The fourth-order valence-electron chi connectivity index (χ4n) is 5.49. The molecule has 0 aliphatic heterocycles. The van der Waals surface area contributed by atoms with E-state index in [1.165, 1.54) is 12.1 Å². The lowest BCUT2D eigenvalue weighted by atomic mass is 9.65. The van der Waals surface area contributed by atoms with Crippen LogP contribution in [0, 0.1) is 31.1 Å². The number of H-pyrrole nitrogens is 1. The monoisotopic (exact) mass is 655 g/mol. The molecule has 46 heavy (non-hydrogen) atoms. The third kappa shape index (κ3) is 10.2. The van der Waals surface area contributed by atoms with Crippen molar-refractivity contribution in [1.82, 2.24) is 21.1 Å². The van der Waals surface area contributed by atoms with Crippen LogP contribution in [0.5, 0.6) is 0 Å². The standard InChI is InChI=1S/C26H37N5O4.C7H8O3S/c1-5-14-26(15-17(2)3,25(34)29-27)23(32)21(22-18(4)16-28-30-22)20(24(33)31-35)13-9-12-19-10-7-6-8-11-19;1-6-2-4-7(5-3-6)11(8,9)10/h6-12,16-17,20-21,35H,5,13-15,27H2,1-4H3,(H,28,30)(H,29,34)(H,31,33);2-5H,1H3,(H,8,9,10)/b12-9+;/t20-,21+,26?;/m0./s1. The molecule has 3 aromatic rings. The lowest BCUT2D eigenvalue weighted by Gasteiger charge is -2.36. The Kier molecular flexibility index (Phi) is 14.5. The van der Waals surface area contributed by atoms with Gasteiger partial charge in [-0.25, -0.2) is 11.3 Å². The van der Waals surface area contributed by atoms with Gasteiger partial charge in [0.15, 0.2) is 5.78 Å². The first-order valence-corrected chi connectivity index (χ1v) is 16.4. The van der Waals surface area contributed by atoms with E-state index in [1.807, 2.05) is 64.1 Å². The van der Waals surface area contributed by atoms with Crippen molar-refractivity contribution in [2.24, 2.45) is 23.1 Å². The first-order chi connectivity index (χ1) is 21.7. The van der Waals surface area contributed by atoms with Gasteiger partial charge in [-0.1, -0.05) is 87.4 Å². The molecular formula is C33H45N5O7S. The van der Waals surface area contributed by atoms with E-state index in [0.717, 1.165) is 11.1 Å². The number of aromatic nitrogens is 2. The second kappa shape index (κ2) is 17.5. The van der Waals surface area contributed by atoms with Gasteiger partial charge >= 0.3 is 0 Å². The molecule has 0 spiro atoms. The first-order valence-electron chi connectivity index (χ1n) is 15.0. The molecule has 2 amide bonds. The number of hydroxylamine groups is 1. The number of nitrogens with one attached hydrogen (secondary N) is 3. The highest BCUT2D eigenvalue weighted by atomic mass is 32.2. The number of Topliss-reactive ketones (excluding diaryl/α,β-unsaturated/α-hetero) is 1. The minimum atomic E-state index is -4.02. The number of carbonyl (C=O) groups is 3. The van der Waals surface area contributed by atoms with Crippen molar-refractivity contribution >= 4 is 33.8 Å². The van der Waals surface area contributed by atoms with Gasteiger partial charge in [-0.2, -0.15) is 13.5 Å². The third-order valence-corrected chi connectivity index (χ3v) is 8.47. The van der Waals surface area contributed by atoms with E-state index in [1.54, 1.807) is 36.8 Å². The number of nitrogens with two attached hydrogens (primary N) is 1. The Morgan fingerprint density at radius 3 is 2.17 bits per heavy atom. The van der Waals surface area contributed by atoms with Crippen molar-refractivity contribution in [2.45, 2.75) is 71.1 Å². The lowest BCUT2D eigenvalue weighted by Crippen LogP contribution is -2.53. The van der Waals surface area contributed by atoms with E-state index in [9.17, 15) is 28.0 Å². The molecule has 250 valence electrons. The molecule has 0 bridgehead atoms. The van der Waals surface area contributed by atoms with Gasteiger partial charge in [0.25, 0.3) is 10.1 Å². The van der Waals surface area contributed by atoms with Crippen LogP contribution >= 0.6 is 0 Å². The van der Waals surface area contributed by atoms with Gasteiger partial charge in [-0.3, -0.25) is 34.7 Å². The second-order valence-corrected chi connectivity index (χ2v) is 13.1. The summed E-state index contributed by atoms with van der Waals surface area (Å²) in [5.41, 5.74) is 5.45. The number of rotatable bonds is 14. The van der Waals surface area contributed by atoms with E-state index in [2.05, 4.69) is 15.6 Å². The summed E-state index contributed by atoms with van der Waals surface area (Å²) < 4.78 is 29.6. The largest absolute Gasteiger partial charge is 0.298 e. The minimum absolute atomic E-state index is 0.00871. The van der Waals surface area contributed by atoms with Crippen molar-refractivity contribution in [3.05, 3.63) is 89.3 Å². The zero-order valence-corrected chi connectivity index (χ0v) is 27.7. The molecule has 13 heteroatoms. The molecule has 1 aromatic heterocycles. The number of aryl methyl sites for hydroxylation is 2. The fourth-order valence-corrected chi connectivity index (χ4v) is 5.97. The van der Waals surface area contributed by atoms with Crippen LogP contribution in [0.2, 0.25) is 0 Å². The summed E-state index contributed by atoms with van der Waals surface area (Å²) in [7, 11) is -4.02. The third-order valence-electron chi connectivity index (χ3n) is 7.60. The molecule has 12 nitrogen and oxygen atoms in total. The Labute approximate surface area is 270 Å². The molecule has 3 atom stereocenters. The molecule has 0 aliphatic rings. The lowest BCUT2D eigenvalue weighted by molar-refractivity contribution is -0.149. The Hall–Kier alpha value is -4.17. The summed E-state index contributed by atoms with van der Waals surface area (Å²) in [6.07, 6.45) is 6.43. The van der Waals surface area contributed by atoms with Gasteiger partial charge in [0.05, 0.1) is 22.9 Å². The van der Waals surface area contributed by atoms with Crippen LogP contribution in [0.25, 0.3) is 6.08 Å². The van der Waals surface area contributed by atoms with Crippen LogP contribution < -0.4 is 16.7 Å². The van der Waals surface area contributed by atoms with Crippen molar-refractivity contribution in [3.8, 4) is 0 Å². The highest BCUT2D eigenvalue weighted by molar-refractivity contribution is 7.85. The number of benzene rings is 2. The minimum Gasteiger partial charge on any atom is -0.298 e. The number of hydrazine groups is 1. The van der Waals surface area contributed by atoms with E-state index >= 15 is 0 Å². The van der Waals surface area contributed by atoms with Crippen LogP contribution in [0.1, 0.15) is 74.8 Å². The summed E-state index contributed by atoms with van der Waals surface area (Å²) in [4.78, 5) is 40.4. The average molecular weight is 656 g/mol. The van der Waals surface area contributed by atoms with Gasteiger partial charge < -0.3 is 0 Å². The number of allylic oxidation sites excluding steroid dienone is 1. The molecule has 7 N–H and O–H groups in total. The number of hydrogen-bond donors (Lipinski definition) is 6. The van der Waals surface area contributed by atoms with E-state index in [0.29, 0.717) is 17.7 Å². The average Bonchev–Trinajstić information content (AvgIpc) is 3.44. The Morgan fingerprint density at radius 1 is 1.07 bits per heavy atom. The van der Waals surface area contributed by atoms with E-state index in [-0.39, 0.29) is 30.1 Å². The van der Waals surface area contributed by atoms with Gasteiger partial charge in [0, 0.05) is 5.69 Å². The molecule has 3 rings (SSSR count). The SMILES string of the molecule is CCCC(CC(C)C)(C(=O)NN)C(=O)[C@@H](c1[nH]ncc1C)[C@H](C/C=C/c1ccccc1)C(=O)NO.Cc1ccc(S(=O)(=O)O)cc1. The Balaban J connectivity index is 0.000000562. The molecule has 1 unspecified atom stereocenters. The second-order valence-electron chi connectivity index (χ2n) is 11.6. The van der Waals surface area contributed by atoms with Crippen LogP contribution in [-0.2, 0) is 24.5 Å². The summed E-state index contributed by atoms with van der Waals surface area (Å²) in [6.45, 7) is 9.37. The number of nitrogens with zero attached hydrogens (tertiary/aromatic N) is 1. The molecule has 0 fully saturated rings. The highest BCUT2D eigenvalue weighted by Gasteiger charge is 2.51. The summed E-state index contributed by atoms with van der Waals surface area (Å²) in [6, 6.07) is 15.5. The summed E-state index contributed by atoms with van der Waals surface area (Å²) in [5, 5.41) is 16.5. The zero-order valence-electron chi connectivity index (χ0n) is 26.9. The van der Waals surface area contributed by atoms with Crippen LogP contribution in [-0.4, -0.2) is 46.0 Å². The number of hydrogen-bond acceptors (Lipinski definition) is 8. The van der Waals surface area contributed by atoms with Crippen LogP contribution in [0.4, 0.5) is 0 Å². The number of amides is 2. The number of ketones is 1. The van der Waals surface area contributed by atoms with Gasteiger partial charge in [0.2, 0.25) is 11.8 Å². The molecule has 0 aliphatic carbocycles. The Bertz CT molecular complexity index is 1570. The zero-order chi connectivity index (χ0) is 34.5. The maximum atomic E-state index is 14.4. The molecular weight excluding hydrogens is 610 g/mol. The molecule has 2 aromatic carbocycles. The normalized spacial score (nSPS) is 14.1.